The predicted octanol–water partition coefficient (Wildman–Crippen LogP) is 2.19. The summed E-state index contributed by atoms with van der Waals surface area (Å²) in [7, 11) is 0. The molecule has 1 amide bonds. The molecule has 1 N–H and O–H groups in total. The second kappa shape index (κ2) is 6.67. The van der Waals surface area contributed by atoms with Gasteiger partial charge >= 0.3 is 6.09 Å². The summed E-state index contributed by atoms with van der Waals surface area (Å²) in [4.78, 5) is 14.0. The van der Waals surface area contributed by atoms with E-state index in [1.165, 1.54) is 0 Å². The molecule has 0 radical (unpaired) electrons. The first-order valence-electron chi connectivity index (χ1n) is 7.89. The Labute approximate surface area is 130 Å². The van der Waals surface area contributed by atoms with Gasteiger partial charge in [-0.1, -0.05) is 30.3 Å². The maximum absolute atomic E-state index is 12.3. The highest BCUT2D eigenvalue weighted by Crippen LogP contribution is 2.37. The van der Waals surface area contributed by atoms with E-state index in [-0.39, 0.29) is 30.8 Å². The number of nitrogens with zero attached hydrogens (tertiary/aromatic N) is 1. The molecule has 120 valence electrons. The first-order chi connectivity index (χ1) is 10.7. The number of benzene rings is 1. The zero-order chi connectivity index (χ0) is 15.4. The van der Waals surface area contributed by atoms with Gasteiger partial charge in [0.2, 0.25) is 0 Å². The number of aliphatic hydroxyl groups excluding tert-OH is 1. The van der Waals surface area contributed by atoms with Crippen molar-refractivity contribution in [1.82, 2.24) is 4.90 Å². The highest BCUT2D eigenvalue weighted by atomic mass is 16.6. The van der Waals surface area contributed by atoms with Crippen molar-refractivity contribution >= 4 is 6.09 Å². The Morgan fingerprint density at radius 3 is 2.86 bits per heavy atom. The first kappa shape index (κ1) is 15.3. The van der Waals surface area contributed by atoms with Crippen LogP contribution in [0.1, 0.15) is 24.8 Å². The number of piperidine rings is 1. The van der Waals surface area contributed by atoms with Crippen LogP contribution in [0.3, 0.4) is 0 Å². The third-order valence-electron chi connectivity index (χ3n) is 4.52. The van der Waals surface area contributed by atoms with Gasteiger partial charge in [-0.25, -0.2) is 4.79 Å². The molecular weight excluding hydrogens is 282 g/mol. The molecule has 2 unspecified atom stereocenters. The van der Waals surface area contributed by atoms with Crippen LogP contribution in [0.15, 0.2) is 30.3 Å². The Bertz CT molecular complexity index is 503. The van der Waals surface area contributed by atoms with Gasteiger partial charge in [-0.3, -0.25) is 0 Å². The number of carbonyl (C=O) groups excluding carboxylic acids is 1. The molecule has 0 aromatic heterocycles. The molecule has 2 heterocycles. The standard InChI is InChI=1S/C17H23NO4/c19-13-17(9-15-11-21-15)7-4-8-18(12-17)16(20)22-10-14-5-2-1-3-6-14/h1-3,5-6,15,19H,4,7-13H2. The fourth-order valence-electron chi connectivity index (χ4n) is 3.20. The van der Waals surface area contributed by atoms with Gasteiger partial charge in [-0.2, -0.15) is 0 Å². The van der Waals surface area contributed by atoms with Gasteiger partial charge < -0.3 is 19.5 Å². The van der Waals surface area contributed by atoms with Crippen molar-refractivity contribution in [2.24, 2.45) is 5.41 Å². The van der Waals surface area contributed by atoms with E-state index >= 15 is 0 Å². The molecular formula is C17H23NO4. The van der Waals surface area contributed by atoms with Crippen LogP contribution in [-0.2, 0) is 16.1 Å². The number of rotatable bonds is 5. The van der Waals surface area contributed by atoms with Gasteiger partial charge in [0.05, 0.1) is 19.3 Å². The molecule has 1 aromatic carbocycles. The number of ether oxygens (including phenoxy) is 2. The molecule has 2 saturated heterocycles. The average Bonchev–Trinajstić information content (AvgIpc) is 3.37. The van der Waals surface area contributed by atoms with Crippen molar-refractivity contribution in [2.45, 2.75) is 32.0 Å². The molecule has 0 spiro atoms. The lowest BCUT2D eigenvalue weighted by Crippen LogP contribution is -2.48. The molecule has 2 aliphatic rings. The zero-order valence-corrected chi connectivity index (χ0v) is 12.7. The summed E-state index contributed by atoms with van der Waals surface area (Å²) in [6, 6.07) is 9.66. The Morgan fingerprint density at radius 2 is 2.18 bits per heavy atom. The molecule has 2 aliphatic heterocycles. The van der Waals surface area contributed by atoms with Gasteiger partial charge in [0.15, 0.2) is 0 Å². The van der Waals surface area contributed by atoms with Crippen LogP contribution in [0.4, 0.5) is 4.79 Å². The van der Waals surface area contributed by atoms with Gasteiger partial charge in [-0.05, 0) is 24.8 Å². The number of amides is 1. The van der Waals surface area contributed by atoms with Crippen LogP contribution in [0.2, 0.25) is 0 Å². The summed E-state index contributed by atoms with van der Waals surface area (Å²) < 4.78 is 10.7. The fraction of sp³-hybridized carbons (Fsp3) is 0.588. The minimum absolute atomic E-state index is 0.0926. The van der Waals surface area contributed by atoms with Gasteiger partial charge in [-0.15, -0.1) is 0 Å². The molecule has 22 heavy (non-hydrogen) atoms. The molecule has 0 saturated carbocycles. The molecule has 5 nitrogen and oxygen atoms in total. The Morgan fingerprint density at radius 1 is 1.41 bits per heavy atom. The number of hydrogen-bond donors (Lipinski definition) is 1. The van der Waals surface area contributed by atoms with E-state index in [2.05, 4.69) is 0 Å². The first-order valence-corrected chi connectivity index (χ1v) is 7.89. The lowest BCUT2D eigenvalue weighted by molar-refractivity contribution is 0.0125. The molecule has 2 fully saturated rings. The monoisotopic (exact) mass is 305 g/mol. The van der Waals surface area contributed by atoms with E-state index in [4.69, 9.17) is 9.47 Å². The smallest absolute Gasteiger partial charge is 0.410 e. The SMILES string of the molecule is O=C(OCc1ccccc1)N1CCCC(CO)(CC2CO2)C1. The van der Waals surface area contributed by atoms with Crippen molar-refractivity contribution < 1.29 is 19.4 Å². The Balaban J connectivity index is 1.55. The predicted molar refractivity (Wildman–Crippen MR) is 81.3 cm³/mol. The van der Waals surface area contributed by atoms with E-state index < -0.39 is 0 Å². The minimum atomic E-state index is -0.293. The number of likely N-dealkylation sites (tertiary alicyclic amines) is 1. The van der Waals surface area contributed by atoms with Crippen molar-refractivity contribution in [3.05, 3.63) is 35.9 Å². The van der Waals surface area contributed by atoms with Crippen LogP contribution < -0.4 is 0 Å². The summed E-state index contributed by atoms with van der Waals surface area (Å²) in [5, 5.41) is 9.79. The minimum Gasteiger partial charge on any atom is -0.445 e. The zero-order valence-electron chi connectivity index (χ0n) is 12.7. The lowest BCUT2D eigenvalue weighted by Gasteiger charge is -2.41. The highest BCUT2D eigenvalue weighted by molar-refractivity contribution is 5.67. The third-order valence-corrected chi connectivity index (χ3v) is 4.52. The van der Waals surface area contributed by atoms with Gasteiger partial charge in [0, 0.05) is 18.5 Å². The molecule has 1 aromatic rings. The largest absolute Gasteiger partial charge is 0.445 e. The summed E-state index contributed by atoms with van der Waals surface area (Å²) in [6.45, 7) is 2.40. The number of carbonyl (C=O) groups is 1. The fourth-order valence-corrected chi connectivity index (χ4v) is 3.20. The van der Waals surface area contributed by atoms with E-state index in [1.807, 2.05) is 30.3 Å². The van der Waals surface area contributed by atoms with E-state index in [0.29, 0.717) is 13.1 Å². The van der Waals surface area contributed by atoms with E-state index in [1.54, 1.807) is 4.90 Å². The Hall–Kier alpha value is -1.59. The van der Waals surface area contributed by atoms with Gasteiger partial charge in [0.25, 0.3) is 0 Å². The third kappa shape index (κ3) is 3.78. The Kier molecular flexibility index (Phi) is 4.64. The quantitative estimate of drug-likeness (QED) is 0.847. The highest BCUT2D eigenvalue weighted by Gasteiger charge is 2.42. The molecule has 5 heteroatoms. The molecule has 0 bridgehead atoms. The van der Waals surface area contributed by atoms with Gasteiger partial charge in [0.1, 0.15) is 6.61 Å². The van der Waals surface area contributed by atoms with Crippen molar-refractivity contribution in [3.63, 3.8) is 0 Å². The van der Waals surface area contributed by atoms with E-state index in [9.17, 15) is 9.90 Å². The molecule has 2 atom stereocenters. The lowest BCUT2D eigenvalue weighted by atomic mass is 9.77. The summed E-state index contributed by atoms with van der Waals surface area (Å²) in [5.74, 6) is 0. The van der Waals surface area contributed by atoms with Crippen molar-refractivity contribution in [3.8, 4) is 0 Å². The maximum atomic E-state index is 12.3. The topological polar surface area (TPSA) is 62.3 Å². The van der Waals surface area contributed by atoms with Crippen LogP contribution in [-0.4, -0.2) is 48.5 Å². The van der Waals surface area contributed by atoms with Crippen LogP contribution >= 0.6 is 0 Å². The second-order valence-electron chi connectivity index (χ2n) is 6.38. The average molecular weight is 305 g/mol. The van der Waals surface area contributed by atoms with Crippen molar-refractivity contribution in [2.75, 3.05) is 26.3 Å². The number of epoxide rings is 1. The normalized spacial score (nSPS) is 27.5. The van der Waals surface area contributed by atoms with Crippen LogP contribution in [0, 0.1) is 5.41 Å². The maximum Gasteiger partial charge on any atom is 0.410 e. The number of hydrogen-bond acceptors (Lipinski definition) is 4. The van der Waals surface area contributed by atoms with Crippen LogP contribution in [0.25, 0.3) is 0 Å². The van der Waals surface area contributed by atoms with Crippen LogP contribution in [0.5, 0.6) is 0 Å². The summed E-state index contributed by atoms with van der Waals surface area (Å²) >= 11 is 0. The van der Waals surface area contributed by atoms with Crippen molar-refractivity contribution in [1.29, 1.82) is 0 Å². The number of aliphatic hydroxyl groups is 1. The molecule has 3 rings (SSSR count). The second-order valence-corrected chi connectivity index (χ2v) is 6.38. The summed E-state index contributed by atoms with van der Waals surface area (Å²) in [6.07, 6.45) is 2.62. The molecule has 0 aliphatic carbocycles. The van der Waals surface area contributed by atoms with E-state index in [0.717, 1.165) is 31.4 Å². The summed E-state index contributed by atoms with van der Waals surface area (Å²) in [5.41, 5.74) is 0.748.